The summed E-state index contributed by atoms with van der Waals surface area (Å²) in [6.45, 7) is 6.15. The summed E-state index contributed by atoms with van der Waals surface area (Å²) in [5.41, 5.74) is 3.55. The number of carbonyl (C=O) groups is 2. The average Bonchev–Trinajstić information content (AvgIpc) is 3.35. The van der Waals surface area contributed by atoms with E-state index in [9.17, 15) is 9.59 Å². The van der Waals surface area contributed by atoms with Gasteiger partial charge in [-0.2, -0.15) is 0 Å². The Labute approximate surface area is 239 Å². The molecule has 2 aliphatic heterocycles. The summed E-state index contributed by atoms with van der Waals surface area (Å²) in [4.78, 5) is 30.4. The van der Waals surface area contributed by atoms with Gasteiger partial charge in [0.05, 0.1) is 28.8 Å². The number of esters is 1. The first-order valence-corrected chi connectivity index (χ1v) is 14.5. The Hall–Kier alpha value is -1.99. The molecule has 6 nitrogen and oxygen atoms in total. The van der Waals surface area contributed by atoms with E-state index in [1.807, 2.05) is 0 Å². The average molecular weight is 579 g/mol. The number of allylic oxidation sites excluding steroid dienone is 4. The van der Waals surface area contributed by atoms with Crippen LogP contribution in [0.25, 0.3) is 0 Å². The van der Waals surface area contributed by atoms with Gasteiger partial charge in [-0.25, -0.2) is 4.79 Å². The van der Waals surface area contributed by atoms with Crippen LogP contribution >= 0.6 is 34.8 Å². The third kappa shape index (κ3) is 5.01. The van der Waals surface area contributed by atoms with Crippen molar-refractivity contribution in [3.63, 3.8) is 0 Å². The highest BCUT2D eigenvalue weighted by Gasteiger charge is 2.46. The summed E-state index contributed by atoms with van der Waals surface area (Å²) in [7, 11) is 1.46. The van der Waals surface area contributed by atoms with Crippen molar-refractivity contribution in [1.82, 2.24) is 10.2 Å². The second kappa shape index (κ2) is 11.2. The van der Waals surface area contributed by atoms with Crippen LogP contribution in [-0.4, -0.2) is 49.7 Å². The molecule has 2 aliphatic carbocycles. The van der Waals surface area contributed by atoms with E-state index in [4.69, 9.17) is 39.5 Å². The van der Waals surface area contributed by atoms with Crippen LogP contribution in [0.4, 0.5) is 10.5 Å². The fourth-order valence-corrected chi connectivity index (χ4v) is 7.40. The molecule has 4 unspecified atom stereocenters. The molecule has 9 heteroatoms. The van der Waals surface area contributed by atoms with Gasteiger partial charge < -0.3 is 10.1 Å². The molecule has 0 saturated carbocycles. The number of ether oxygens (including phenoxy) is 1. The van der Waals surface area contributed by atoms with E-state index in [-0.39, 0.29) is 35.7 Å². The van der Waals surface area contributed by atoms with Gasteiger partial charge in [-0.05, 0) is 74.6 Å². The van der Waals surface area contributed by atoms with Crippen LogP contribution in [0.1, 0.15) is 39.5 Å². The number of anilines is 1. The maximum Gasteiger partial charge on any atom is 0.326 e. The van der Waals surface area contributed by atoms with Gasteiger partial charge in [-0.1, -0.05) is 53.0 Å². The summed E-state index contributed by atoms with van der Waals surface area (Å²) in [5, 5.41) is 4.69. The summed E-state index contributed by atoms with van der Waals surface area (Å²) in [5.74, 6) is -0.336. The van der Waals surface area contributed by atoms with Gasteiger partial charge in [-0.3, -0.25) is 14.6 Å². The lowest BCUT2D eigenvalue weighted by Gasteiger charge is -2.42. The number of urea groups is 1. The van der Waals surface area contributed by atoms with Crippen molar-refractivity contribution in [2.24, 2.45) is 23.7 Å². The lowest BCUT2D eigenvalue weighted by molar-refractivity contribution is -0.146. The van der Waals surface area contributed by atoms with E-state index in [1.165, 1.54) is 7.11 Å². The molecular weight excluding hydrogens is 545 g/mol. The molecule has 1 fully saturated rings. The minimum Gasteiger partial charge on any atom is -0.469 e. The molecule has 1 saturated heterocycles. The SMILES string of the molecule is COC(=O)C1CN(C(C)C)CC1C1C=C(C2CCCC=C2Cl)C2=C(C1)N(c1c(Cl)cccc1Cl)C(=O)NC2. The summed E-state index contributed by atoms with van der Waals surface area (Å²) in [6.07, 6.45) is 7.98. The molecule has 204 valence electrons. The maximum absolute atomic E-state index is 13.4. The highest BCUT2D eigenvalue weighted by molar-refractivity contribution is 6.40. The summed E-state index contributed by atoms with van der Waals surface area (Å²) < 4.78 is 5.25. The van der Waals surface area contributed by atoms with Crippen LogP contribution in [0.2, 0.25) is 10.0 Å². The number of para-hydroxylation sites is 1. The topological polar surface area (TPSA) is 61.9 Å². The standard InChI is InChI=1S/C29H34Cl3N3O3/c1-16(2)34-14-21(22(15-34)28(36)38-3)17-11-19(18-7-4-5-8-23(18)30)20-13-33-29(37)35(26(20)12-17)27-24(31)9-6-10-25(27)32/h6,8-11,16-18,21-22H,4-5,7,12-15H2,1-3H3,(H,33,37). The maximum atomic E-state index is 13.4. The number of rotatable bonds is 5. The van der Waals surface area contributed by atoms with Gasteiger partial charge in [0.25, 0.3) is 0 Å². The molecule has 38 heavy (non-hydrogen) atoms. The zero-order valence-corrected chi connectivity index (χ0v) is 24.2. The quantitative estimate of drug-likeness (QED) is 0.392. The third-order valence-electron chi connectivity index (χ3n) is 8.49. The van der Waals surface area contributed by atoms with Crippen molar-refractivity contribution >= 4 is 52.5 Å². The molecule has 1 N–H and O–H groups in total. The van der Waals surface area contributed by atoms with E-state index < -0.39 is 0 Å². The number of amides is 2. The first-order chi connectivity index (χ1) is 18.2. The number of hydrogen-bond donors (Lipinski definition) is 1. The number of hydrogen-bond acceptors (Lipinski definition) is 4. The van der Waals surface area contributed by atoms with Gasteiger partial charge >= 0.3 is 12.0 Å². The van der Waals surface area contributed by atoms with Crippen molar-refractivity contribution < 1.29 is 14.3 Å². The monoisotopic (exact) mass is 577 g/mol. The lowest BCUT2D eigenvalue weighted by Crippen LogP contribution is -2.48. The van der Waals surface area contributed by atoms with E-state index in [2.05, 4.69) is 36.2 Å². The normalized spacial score (nSPS) is 28.2. The van der Waals surface area contributed by atoms with Crippen molar-refractivity contribution in [1.29, 1.82) is 0 Å². The lowest BCUT2D eigenvalue weighted by atomic mass is 9.72. The van der Waals surface area contributed by atoms with Crippen molar-refractivity contribution in [3.8, 4) is 0 Å². The van der Waals surface area contributed by atoms with Crippen LogP contribution in [-0.2, 0) is 9.53 Å². The molecule has 5 rings (SSSR count). The molecule has 1 aromatic rings. The van der Waals surface area contributed by atoms with Crippen LogP contribution in [0, 0.1) is 23.7 Å². The smallest absolute Gasteiger partial charge is 0.326 e. The zero-order valence-electron chi connectivity index (χ0n) is 22.0. The molecule has 2 amide bonds. The fraction of sp³-hybridized carbons (Fsp3) is 0.517. The highest BCUT2D eigenvalue weighted by atomic mass is 35.5. The molecular formula is C29H34Cl3N3O3. The largest absolute Gasteiger partial charge is 0.469 e. The van der Waals surface area contributed by atoms with E-state index in [1.54, 1.807) is 23.1 Å². The number of nitrogens with zero attached hydrogens (tertiary/aromatic N) is 2. The van der Waals surface area contributed by atoms with Gasteiger partial charge in [0.1, 0.15) is 0 Å². The second-order valence-electron chi connectivity index (χ2n) is 10.9. The number of likely N-dealkylation sites (tertiary alicyclic amines) is 1. The summed E-state index contributed by atoms with van der Waals surface area (Å²) in [6, 6.07) is 5.31. The second-order valence-corrected chi connectivity index (χ2v) is 12.1. The first-order valence-electron chi connectivity index (χ1n) is 13.3. The van der Waals surface area contributed by atoms with Crippen LogP contribution in [0.5, 0.6) is 0 Å². The predicted molar refractivity (Wildman–Crippen MR) is 153 cm³/mol. The molecule has 1 aromatic carbocycles. The van der Waals surface area contributed by atoms with E-state index >= 15 is 0 Å². The Kier molecular flexibility index (Phi) is 8.16. The molecule has 0 bridgehead atoms. The fourth-order valence-electron chi connectivity index (χ4n) is 6.50. The van der Waals surface area contributed by atoms with Gasteiger partial charge in [-0.15, -0.1) is 0 Å². The highest BCUT2D eigenvalue weighted by Crippen LogP contribution is 2.49. The zero-order chi connectivity index (χ0) is 27.1. The van der Waals surface area contributed by atoms with Crippen LogP contribution < -0.4 is 10.2 Å². The van der Waals surface area contributed by atoms with Crippen molar-refractivity contribution in [2.75, 3.05) is 31.6 Å². The molecule has 0 aromatic heterocycles. The van der Waals surface area contributed by atoms with Gasteiger partial charge in [0.15, 0.2) is 0 Å². The minimum atomic E-state index is -0.260. The predicted octanol–water partition coefficient (Wildman–Crippen LogP) is 6.78. The summed E-state index contributed by atoms with van der Waals surface area (Å²) >= 11 is 20.1. The van der Waals surface area contributed by atoms with E-state index in [0.717, 1.165) is 47.7 Å². The van der Waals surface area contributed by atoms with Crippen LogP contribution in [0.15, 0.2) is 52.2 Å². The number of halogens is 3. The van der Waals surface area contributed by atoms with Crippen LogP contribution in [0.3, 0.4) is 0 Å². The first kappa shape index (κ1) is 27.6. The number of methoxy groups -OCH3 is 1. The molecule has 0 radical (unpaired) electrons. The molecule has 0 spiro atoms. The minimum absolute atomic E-state index is 0.0117. The molecule has 2 heterocycles. The van der Waals surface area contributed by atoms with E-state index in [0.29, 0.717) is 41.3 Å². The third-order valence-corrected chi connectivity index (χ3v) is 9.52. The number of benzene rings is 1. The van der Waals surface area contributed by atoms with Crippen molar-refractivity contribution in [2.45, 2.75) is 45.6 Å². The number of carbonyl (C=O) groups excluding carboxylic acids is 2. The Bertz CT molecular complexity index is 1200. The Morgan fingerprint density at radius 1 is 1.16 bits per heavy atom. The Balaban J connectivity index is 1.64. The Morgan fingerprint density at radius 2 is 1.89 bits per heavy atom. The van der Waals surface area contributed by atoms with Gasteiger partial charge in [0, 0.05) is 42.3 Å². The Morgan fingerprint density at radius 3 is 2.55 bits per heavy atom. The van der Waals surface area contributed by atoms with Crippen molar-refractivity contribution in [3.05, 3.63) is 62.3 Å². The van der Waals surface area contributed by atoms with Gasteiger partial charge in [0.2, 0.25) is 0 Å². The number of nitrogens with one attached hydrogen (secondary N) is 1. The molecule has 4 atom stereocenters. The molecule has 4 aliphatic rings.